The number of aryl methyl sites for hydroxylation is 1. The van der Waals surface area contributed by atoms with Crippen molar-refractivity contribution in [1.82, 2.24) is 15.2 Å². The fraction of sp³-hybridized carbons (Fsp3) is 0.700. The van der Waals surface area contributed by atoms with Gasteiger partial charge >= 0.3 is 0 Å². The molecule has 5 nitrogen and oxygen atoms in total. The highest BCUT2D eigenvalue weighted by Gasteiger charge is 2.48. The van der Waals surface area contributed by atoms with Crippen molar-refractivity contribution in [2.24, 2.45) is 17.8 Å². The van der Waals surface area contributed by atoms with E-state index < -0.39 is 0 Å². The van der Waals surface area contributed by atoms with Crippen LogP contribution in [0.3, 0.4) is 0 Å². The molecule has 0 spiro atoms. The van der Waals surface area contributed by atoms with E-state index in [-0.39, 0.29) is 11.8 Å². The van der Waals surface area contributed by atoms with Crippen molar-refractivity contribution < 1.29 is 4.79 Å². The van der Waals surface area contributed by atoms with E-state index in [1.54, 1.807) is 0 Å². The second kappa shape index (κ2) is 3.05. The zero-order chi connectivity index (χ0) is 10.4. The smallest absolute Gasteiger partial charge is 0.248 e. The van der Waals surface area contributed by atoms with Gasteiger partial charge in [0.2, 0.25) is 11.9 Å². The Hall–Kier alpha value is -1.39. The van der Waals surface area contributed by atoms with Gasteiger partial charge in [0.25, 0.3) is 0 Å². The topological polar surface area (TPSA) is 70.7 Å². The highest BCUT2D eigenvalue weighted by atomic mass is 16.2. The van der Waals surface area contributed by atoms with Crippen LogP contribution in [-0.2, 0) is 4.79 Å². The third-order valence-corrected chi connectivity index (χ3v) is 3.45. The molecule has 5 heteroatoms. The van der Waals surface area contributed by atoms with Gasteiger partial charge in [-0.05, 0) is 38.0 Å². The Morgan fingerprint density at radius 3 is 2.73 bits per heavy atom. The van der Waals surface area contributed by atoms with Crippen LogP contribution in [0.1, 0.15) is 25.1 Å². The predicted octanol–water partition coefficient (Wildman–Crippen LogP) is 1.10. The monoisotopic (exact) mass is 206 g/mol. The van der Waals surface area contributed by atoms with Crippen LogP contribution in [0.15, 0.2) is 0 Å². The predicted molar refractivity (Wildman–Crippen MR) is 54.1 cm³/mol. The van der Waals surface area contributed by atoms with Crippen molar-refractivity contribution in [1.29, 1.82) is 0 Å². The van der Waals surface area contributed by atoms with E-state index in [0.717, 1.165) is 30.5 Å². The molecule has 1 aromatic heterocycles. The van der Waals surface area contributed by atoms with Gasteiger partial charge in [-0.3, -0.25) is 15.2 Å². The summed E-state index contributed by atoms with van der Waals surface area (Å²) >= 11 is 0. The van der Waals surface area contributed by atoms with E-state index in [0.29, 0.717) is 5.95 Å². The molecule has 0 aromatic carbocycles. The van der Waals surface area contributed by atoms with Crippen molar-refractivity contribution in [2.75, 3.05) is 5.32 Å². The standard InChI is InChI=1S/C10H14N4O/c1-5-11-10(14-13-5)12-9(15)8-3-6-2-7(6)4-8/h6-8H,2-4H2,1H3,(H2,11,12,13,14,15). The summed E-state index contributed by atoms with van der Waals surface area (Å²) in [6.07, 6.45) is 3.45. The molecule has 0 bridgehead atoms. The van der Waals surface area contributed by atoms with Gasteiger partial charge in [-0.25, -0.2) is 0 Å². The Balaban J connectivity index is 1.61. The molecule has 2 atom stereocenters. The van der Waals surface area contributed by atoms with Gasteiger partial charge < -0.3 is 0 Å². The van der Waals surface area contributed by atoms with Crippen LogP contribution in [0.4, 0.5) is 5.95 Å². The molecule has 2 aliphatic carbocycles. The van der Waals surface area contributed by atoms with Crippen molar-refractivity contribution >= 4 is 11.9 Å². The molecule has 0 saturated heterocycles. The summed E-state index contributed by atoms with van der Waals surface area (Å²) in [6.45, 7) is 1.81. The molecular formula is C10H14N4O. The molecule has 2 saturated carbocycles. The summed E-state index contributed by atoms with van der Waals surface area (Å²) in [5.74, 6) is 3.05. The van der Waals surface area contributed by atoms with E-state index >= 15 is 0 Å². The van der Waals surface area contributed by atoms with Crippen molar-refractivity contribution in [2.45, 2.75) is 26.2 Å². The Bertz CT molecular complexity index is 390. The maximum absolute atomic E-state index is 11.8. The van der Waals surface area contributed by atoms with Crippen LogP contribution >= 0.6 is 0 Å². The molecule has 1 amide bonds. The van der Waals surface area contributed by atoms with Crippen molar-refractivity contribution in [3.05, 3.63) is 5.82 Å². The minimum atomic E-state index is 0.0844. The fourth-order valence-corrected chi connectivity index (χ4v) is 2.54. The molecule has 15 heavy (non-hydrogen) atoms. The highest BCUT2D eigenvalue weighted by molar-refractivity contribution is 5.91. The first-order valence-electron chi connectivity index (χ1n) is 5.42. The number of carbonyl (C=O) groups is 1. The van der Waals surface area contributed by atoms with E-state index in [9.17, 15) is 4.79 Å². The van der Waals surface area contributed by atoms with E-state index in [4.69, 9.17) is 0 Å². The number of H-pyrrole nitrogens is 1. The van der Waals surface area contributed by atoms with Crippen LogP contribution in [0.2, 0.25) is 0 Å². The lowest BCUT2D eigenvalue weighted by Crippen LogP contribution is -2.22. The number of fused-ring (bicyclic) bond motifs is 1. The highest BCUT2D eigenvalue weighted by Crippen LogP contribution is 2.54. The maximum Gasteiger partial charge on any atom is 0.248 e. The molecule has 2 unspecified atom stereocenters. The van der Waals surface area contributed by atoms with Gasteiger partial charge in [-0.15, -0.1) is 5.10 Å². The van der Waals surface area contributed by atoms with Gasteiger partial charge in [0.15, 0.2) is 0 Å². The number of amides is 1. The summed E-state index contributed by atoms with van der Waals surface area (Å²) in [4.78, 5) is 15.8. The number of rotatable bonds is 2. The largest absolute Gasteiger partial charge is 0.293 e. The van der Waals surface area contributed by atoms with Crippen LogP contribution in [0.25, 0.3) is 0 Å². The van der Waals surface area contributed by atoms with Crippen molar-refractivity contribution in [3.8, 4) is 0 Å². The molecule has 0 radical (unpaired) electrons. The molecule has 0 aliphatic heterocycles. The van der Waals surface area contributed by atoms with Gasteiger partial charge in [-0.1, -0.05) is 0 Å². The first kappa shape index (κ1) is 8.88. The minimum Gasteiger partial charge on any atom is -0.293 e. The molecule has 2 aliphatic rings. The number of aromatic amines is 1. The Morgan fingerprint density at radius 2 is 2.13 bits per heavy atom. The molecule has 80 valence electrons. The number of nitrogens with zero attached hydrogens (tertiary/aromatic N) is 2. The third kappa shape index (κ3) is 1.62. The lowest BCUT2D eigenvalue weighted by atomic mass is 10.0. The lowest BCUT2D eigenvalue weighted by Gasteiger charge is -2.09. The average molecular weight is 206 g/mol. The first-order valence-corrected chi connectivity index (χ1v) is 5.42. The zero-order valence-corrected chi connectivity index (χ0v) is 8.66. The number of nitrogens with one attached hydrogen (secondary N) is 2. The number of anilines is 1. The average Bonchev–Trinajstić information content (AvgIpc) is 2.61. The van der Waals surface area contributed by atoms with Crippen LogP contribution in [0, 0.1) is 24.7 Å². The summed E-state index contributed by atoms with van der Waals surface area (Å²) in [7, 11) is 0. The quantitative estimate of drug-likeness (QED) is 0.761. The summed E-state index contributed by atoms with van der Waals surface area (Å²) in [5.41, 5.74) is 0. The number of hydrogen-bond acceptors (Lipinski definition) is 3. The van der Waals surface area contributed by atoms with Gasteiger partial charge in [0.1, 0.15) is 5.82 Å². The molecule has 3 rings (SSSR count). The Morgan fingerprint density at radius 1 is 1.40 bits per heavy atom. The summed E-state index contributed by atoms with van der Waals surface area (Å²) in [6, 6.07) is 0. The molecule has 2 N–H and O–H groups in total. The number of carbonyl (C=O) groups excluding carboxylic acids is 1. The fourth-order valence-electron chi connectivity index (χ4n) is 2.54. The summed E-state index contributed by atoms with van der Waals surface area (Å²) < 4.78 is 0. The van der Waals surface area contributed by atoms with E-state index in [1.807, 2.05) is 6.92 Å². The lowest BCUT2D eigenvalue weighted by molar-refractivity contribution is -0.120. The third-order valence-electron chi connectivity index (χ3n) is 3.45. The Kier molecular flexibility index (Phi) is 1.81. The second-order valence-corrected chi connectivity index (χ2v) is 4.66. The number of aromatic nitrogens is 3. The van der Waals surface area contributed by atoms with E-state index in [2.05, 4.69) is 20.5 Å². The van der Waals surface area contributed by atoms with E-state index in [1.165, 1.54) is 6.42 Å². The van der Waals surface area contributed by atoms with Crippen LogP contribution in [-0.4, -0.2) is 21.1 Å². The second-order valence-electron chi connectivity index (χ2n) is 4.66. The van der Waals surface area contributed by atoms with Gasteiger partial charge in [0, 0.05) is 5.92 Å². The van der Waals surface area contributed by atoms with Crippen molar-refractivity contribution in [3.63, 3.8) is 0 Å². The SMILES string of the molecule is Cc1nc(NC(=O)C2CC3CC3C2)n[nH]1. The normalized spacial score (nSPS) is 32.5. The first-order chi connectivity index (χ1) is 7.22. The maximum atomic E-state index is 11.8. The minimum absolute atomic E-state index is 0.0844. The van der Waals surface area contributed by atoms with Gasteiger partial charge in [0.05, 0.1) is 0 Å². The molecule has 1 aromatic rings. The zero-order valence-electron chi connectivity index (χ0n) is 8.66. The van der Waals surface area contributed by atoms with Gasteiger partial charge in [-0.2, -0.15) is 4.98 Å². The molecule has 1 heterocycles. The van der Waals surface area contributed by atoms with Crippen LogP contribution < -0.4 is 5.32 Å². The molecule has 2 fully saturated rings. The number of hydrogen-bond donors (Lipinski definition) is 2. The Labute approximate surface area is 87.7 Å². The summed E-state index contributed by atoms with van der Waals surface area (Å²) in [5, 5.41) is 9.35. The molecular weight excluding hydrogens is 192 g/mol. The van der Waals surface area contributed by atoms with Crippen LogP contribution in [0.5, 0.6) is 0 Å².